The second-order valence-corrected chi connectivity index (χ2v) is 8.23. The summed E-state index contributed by atoms with van der Waals surface area (Å²) >= 11 is 0. The first-order valence-corrected chi connectivity index (χ1v) is 11.2. The number of rotatable bonds is 8. The number of benzene rings is 1. The number of piperidine rings is 1. The van der Waals surface area contributed by atoms with Gasteiger partial charge in [-0.1, -0.05) is 6.07 Å². The molecule has 3 heterocycles. The molecule has 0 amide bonds. The summed E-state index contributed by atoms with van der Waals surface area (Å²) in [7, 11) is 0. The van der Waals surface area contributed by atoms with Gasteiger partial charge in [0, 0.05) is 54.0 Å². The van der Waals surface area contributed by atoms with Gasteiger partial charge in [0.2, 0.25) is 5.95 Å². The van der Waals surface area contributed by atoms with E-state index in [1.165, 1.54) is 5.56 Å². The minimum atomic E-state index is -0.0140. The topological polar surface area (TPSA) is 83.4 Å². The SMILES string of the molecule is CCOc1ccc(CN2CCC[C@@H](c3cc(Nc4ncccn4)cc(C)n3)C2)cc1CO. The fraction of sp³-hybridized carbons (Fsp3) is 0.400. The lowest BCUT2D eigenvalue weighted by molar-refractivity contribution is 0.198. The summed E-state index contributed by atoms with van der Waals surface area (Å²) in [5.74, 6) is 1.73. The van der Waals surface area contributed by atoms with Gasteiger partial charge in [0.1, 0.15) is 5.75 Å². The van der Waals surface area contributed by atoms with Crippen LogP contribution < -0.4 is 10.1 Å². The van der Waals surface area contributed by atoms with Crippen LogP contribution in [0.5, 0.6) is 5.75 Å². The fourth-order valence-electron chi connectivity index (χ4n) is 4.32. The minimum Gasteiger partial charge on any atom is -0.494 e. The fourth-order valence-corrected chi connectivity index (χ4v) is 4.32. The van der Waals surface area contributed by atoms with Crippen molar-refractivity contribution in [3.63, 3.8) is 0 Å². The van der Waals surface area contributed by atoms with Gasteiger partial charge in [-0.25, -0.2) is 9.97 Å². The van der Waals surface area contributed by atoms with Crippen molar-refractivity contribution in [1.29, 1.82) is 0 Å². The van der Waals surface area contributed by atoms with Crippen molar-refractivity contribution in [3.8, 4) is 5.75 Å². The van der Waals surface area contributed by atoms with Crippen LogP contribution >= 0.6 is 0 Å². The Bertz CT molecular complexity index is 1030. The van der Waals surface area contributed by atoms with E-state index in [1.807, 2.05) is 26.0 Å². The number of aliphatic hydroxyl groups excluding tert-OH is 1. The highest BCUT2D eigenvalue weighted by atomic mass is 16.5. The number of hydrogen-bond acceptors (Lipinski definition) is 7. The van der Waals surface area contributed by atoms with Crippen LogP contribution in [-0.2, 0) is 13.2 Å². The van der Waals surface area contributed by atoms with E-state index >= 15 is 0 Å². The van der Waals surface area contributed by atoms with E-state index in [-0.39, 0.29) is 6.61 Å². The van der Waals surface area contributed by atoms with E-state index < -0.39 is 0 Å². The van der Waals surface area contributed by atoms with Crippen LogP contribution in [0.2, 0.25) is 0 Å². The summed E-state index contributed by atoms with van der Waals surface area (Å²) in [5, 5.41) is 13.0. The zero-order valence-electron chi connectivity index (χ0n) is 18.8. The van der Waals surface area contributed by atoms with Crippen molar-refractivity contribution < 1.29 is 9.84 Å². The number of aliphatic hydroxyl groups is 1. The Morgan fingerprint density at radius 2 is 2.03 bits per heavy atom. The molecule has 32 heavy (non-hydrogen) atoms. The average molecular weight is 434 g/mol. The largest absolute Gasteiger partial charge is 0.494 e. The van der Waals surface area contributed by atoms with Crippen molar-refractivity contribution in [1.82, 2.24) is 19.9 Å². The third kappa shape index (κ3) is 5.60. The van der Waals surface area contributed by atoms with E-state index in [4.69, 9.17) is 9.72 Å². The Labute approximate surface area is 189 Å². The van der Waals surface area contributed by atoms with Crippen molar-refractivity contribution >= 4 is 11.6 Å². The van der Waals surface area contributed by atoms with Crippen LogP contribution in [0.4, 0.5) is 11.6 Å². The molecule has 0 bridgehead atoms. The van der Waals surface area contributed by atoms with Crippen LogP contribution in [0, 0.1) is 6.92 Å². The molecule has 1 atom stereocenters. The van der Waals surface area contributed by atoms with Crippen molar-refractivity contribution in [2.75, 3.05) is 25.0 Å². The van der Waals surface area contributed by atoms with E-state index in [0.717, 1.165) is 60.9 Å². The van der Waals surface area contributed by atoms with E-state index in [1.54, 1.807) is 18.5 Å². The number of pyridine rings is 1. The van der Waals surface area contributed by atoms with Crippen LogP contribution in [-0.4, -0.2) is 44.7 Å². The van der Waals surface area contributed by atoms with Gasteiger partial charge < -0.3 is 15.2 Å². The first-order valence-electron chi connectivity index (χ1n) is 11.2. The molecule has 0 spiro atoms. The molecule has 1 fully saturated rings. The van der Waals surface area contributed by atoms with Gasteiger partial charge in [-0.05, 0) is 69.1 Å². The maximum atomic E-state index is 9.71. The highest BCUT2D eigenvalue weighted by Crippen LogP contribution is 2.30. The monoisotopic (exact) mass is 433 g/mol. The van der Waals surface area contributed by atoms with Gasteiger partial charge in [-0.2, -0.15) is 0 Å². The van der Waals surface area contributed by atoms with Crippen molar-refractivity contribution in [3.05, 3.63) is 71.3 Å². The second-order valence-electron chi connectivity index (χ2n) is 8.23. The third-order valence-corrected chi connectivity index (χ3v) is 5.72. The van der Waals surface area contributed by atoms with Gasteiger partial charge in [0.05, 0.1) is 13.2 Å². The lowest BCUT2D eigenvalue weighted by atomic mass is 9.93. The van der Waals surface area contributed by atoms with E-state index in [9.17, 15) is 5.11 Å². The zero-order valence-corrected chi connectivity index (χ0v) is 18.8. The predicted molar refractivity (Wildman–Crippen MR) is 125 cm³/mol. The lowest BCUT2D eigenvalue weighted by Gasteiger charge is -2.33. The molecular weight excluding hydrogens is 402 g/mol. The Hall–Kier alpha value is -3.03. The number of nitrogens with zero attached hydrogens (tertiary/aromatic N) is 4. The molecule has 7 heteroatoms. The summed E-state index contributed by atoms with van der Waals surface area (Å²) in [6.45, 7) is 7.43. The quantitative estimate of drug-likeness (QED) is 0.551. The Balaban J connectivity index is 1.46. The Morgan fingerprint density at radius 1 is 1.19 bits per heavy atom. The number of ether oxygens (including phenoxy) is 1. The van der Waals surface area contributed by atoms with Crippen molar-refractivity contribution in [2.45, 2.75) is 45.8 Å². The molecule has 7 nitrogen and oxygen atoms in total. The molecule has 0 unspecified atom stereocenters. The number of nitrogens with one attached hydrogen (secondary N) is 1. The van der Waals surface area contributed by atoms with Crippen molar-refractivity contribution in [2.24, 2.45) is 0 Å². The molecule has 0 aliphatic carbocycles. The van der Waals surface area contributed by atoms with Crippen LogP contribution in [0.25, 0.3) is 0 Å². The molecule has 168 valence electrons. The first kappa shape index (κ1) is 22.2. The Morgan fingerprint density at radius 3 is 2.81 bits per heavy atom. The lowest BCUT2D eigenvalue weighted by Crippen LogP contribution is -2.34. The molecule has 3 aromatic rings. The molecule has 1 aromatic carbocycles. The van der Waals surface area contributed by atoms with Crippen LogP contribution in [0.1, 0.15) is 48.2 Å². The Kier molecular flexibility index (Phi) is 7.29. The standard InChI is InChI=1S/C25H31N5O2/c1-3-32-24-8-7-19(13-21(24)17-31)15-30-11-4-6-20(16-30)23-14-22(12-18(2)28-23)29-25-26-9-5-10-27-25/h5,7-10,12-14,20,31H,3-4,6,11,15-17H2,1-2H3,(H,26,27,28,29)/t20-/m1/s1. The highest BCUT2D eigenvalue weighted by Gasteiger charge is 2.23. The number of likely N-dealkylation sites (tertiary alicyclic amines) is 1. The molecule has 1 aliphatic rings. The molecule has 0 saturated carbocycles. The van der Waals surface area contributed by atoms with Gasteiger partial charge in [0.15, 0.2) is 0 Å². The van der Waals surface area contributed by atoms with Crippen LogP contribution in [0.3, 0.4) is 0 Å². The summed E-state index contributed by atoms with van der Waals surface area (Å²) < 4.78 is 5.62. The third-order valence-electron chi connectivity index (χ3n) is 5.72. The van der Waals surface area contributed by atoms with Gasteiger partial charge in [-0.15, -0.1) is 0 Å². The number of aryl methyl sites for hydroxylation is 1. The summed E-state index contributed by atoms with van der Waals surface area (Å²) in [5.41, 5.74) is 5.10. The number of anilines is 2. The molecule has 2 N–H and O–H groups in total. The van der Waals surface area contributed by atoms with E-state index in [2.05, 4.69) is 38.4 Å². The molecule has 1 aliphatic heterocycles. The smallest absolute Gasteiger partial charge is 0.227 e. The van der Waals surface area contributed by atoms with Gasteiger partial charge in [0.25, 0.3) is 0 Å². The maximum absolute atomic E-state index is 9.71. The second kappa shape index (κ2) is 10.5. The summed E-state index contributed by atoms with van der Waals surface area (Å²) in [4.78, 5) is 15.8. The van der Waals surface area contributed by atoms with Crippen LogP contribution in [0.15, 0.2) is 48.8 Å². The average Bonchev–Trinajstić information content (AvgIpc) is 2.81. The first-order chi connectivity index (χ1) is 15.6. The minimum absolute atomic E-state index is 0.0140. The van der Waals surface area contributed by atoms with Gasteiger partial charge in [-0.3, -0.25) is 9.88 Å². The number of aromatic nitrogens is 3. The molecule has 1 saturated heterocycles. The summed E-state index contributed by atoms with van der Waals surface area (Å²) in [6.07, 6.45) is 5.72. The molecule has 2 aromatic heterocycles. The predicted octanol–water partition coefficient (Wildman–Crippen LogP) is 4.19. The number of hydrogen-bond donors (Lipinski definition) is 2. The highest BCUT2D eigenvalue weighted by molar-refractivity contribution is 5.54. The summed E-state index contributed by atoms with van der Waals surface area (Å²) in [6, 6.07) is 12.1. The molecule has 0 radical (unpaired) electrons. The van der Waals surface area contributed by atoms with Gasteiger partial charge >= 0.3 is 0 Å². The normalized spacial score (nSPS) is 16.7. The molecule has 4 rings (SSSR count). The maximum Gasteiger partial charge on any atom is 0.227 e. The zero-order chi connectivity index (χ0) is 22.3. The van der Waals surface area contributed by atoms with E-state index in [0.29, 0.717) is 18.5 Å². The molecular formula is C25H31N5O2.